The average Bonchev–Trinajstić information content (AvgIpc) is 3.12. The summed E-state index contributed by atoms with van der Waals surface area (Å²) in [6.07, 6.45) is -0.917. The lowest BCUT2D eigenvalue weighted by molar-refractivity contribution is -0.917. The van der Waals surface area contributed by atoms with E-state index in [-0.39, 0.29) is 17.1 Å². The molecule has 0 aromatic heterocycles. The first-order valence-electron chi connectivity index (χ1n) is 11.7. The Hall–Kier alpha value is -2.95. The molecule has 0 radical (unpaired) electrons. The fraction of sp³-hybridized carbons (Fsp3) is 0.440. The van der Waals surface area contributed by atoms with Gasteiger partial charge in [-0.1, -0.05) is 19.1 Å². The van der Waals surface area contributed by atoms with Crippen molar-refractivity contribution in [2.75, 3.05) is 24.9 Å². The van der Waals surface area contributed by atoms with Crippen LogP contribution < -0.4 is 4.31 Å². The highest BCUT2D eigenvalue weighted by molar-refractivity contribution is 7.93. The number of carboxylic acid groups (broad SMARTS) is 1. The van der Waals surface area contributed by atoms with E-state index in [2.05, 4.69) is 14.1 Å². The number of carboxylic acids is 1. The number of hydrogen-bond donors (Lipinski definition) is 2. The van der Waals surface area contributed by atoms with E-state index in [4.69, 9.17) is 0 Å². The van der Waals surface area contributed by atoms with E-state index in [1.54, 1.807) is 13.0 Å². The van der Waals surface area contributed by atoms with Crippen molar-refractivity contribution in [3.8, 4) is 0 Å². The topological polar surface area (TPSA) is 115 Å². The van der Waals surface area contributed by atoms with Crippen molar-refractivity contribution in [1.82, 2.24) is 4.90 Å². The summed E-state index contributed by atoms with van der Waals surface area (Å²) in [5.74, 6) is -2.80. The highest BCUT2D eigenvalue weighted by Gasteiger charge is 2.60. The van der Waals surface area contributed by atoms with Gasteiger partial charge in [-0.2, -0.15) is 0 Å². The van der Waals surface area contributed by atoms with Crippen LogP contribution in [0, 0.1) is 11.8 Å². The molecule has 4 aliphatic heterocycles. The molecule has 2 aromatic carbocycles. The molecule has 4 atom stereocenters. The maximum absolute atomic E-state index is 13.7. The smallest absolute Gasteiger partial charge is 0.352 e. The number of sulfonamides is 1. The van der Waals surface area contributed by atoms with E-state index in [1.165, 1.54) is 16.1 Å². The number of quaternary nitrogens is 1. The zero-order valence-corrected chi connectivity index (χ0v) is 20.8. The van der Waals surface area contributed by atoms with Gasteiger partial charge in [-0.25, -0.2) is 13.2 Å². The van der Waals surface area contributed by atoms with E-state index in [1.807, 2.05) is 18.2 Å². The Morgan fingerprint density at radius 2 is 1.77 bits per heavy atom. The van der Waals surface area contributed by atoms with Gasteiger partial charge >= 0.3 is 5.97 Å². The first-order valence-corrected chi connectivity index (χ1v) is 13.2. The number of carbonyl (C=O) groups is 2. The van der Waals surface area contributed by atoms with Gasteiger partial charge in [-0.05, 0) is 24.6 Å². The molecule has 35 heavy (non-hydrogen) atoms. The van der Waals surface area contributed by atoms with Gasteiger partial charge in [0.15, 0.2) is 0 Å². The maximum Gasteiger partial charge on any atom is 0.352 e. The van der Waals surface area contributed by atoms with Crippen LogP contribution in [-0.4, -0.2) is 72.7 Å². The number of aliphatic hydroxyl groups is 1. The molecule has 1 saturated heterocycles. The predicted molar refractivity (Wildman–Crippen MR) is 128 cm³/mol. The van der Waals surface area contributed by atoms with Crippen LogP contribution in [0.1, 0.15) is 25.0 Å². The summed E-state index contributed by atoms with van der Waals surface area (Å²) in [6, 6.07) is 6.86. The lowest BCUT2D eigenvalue weighted by Crippen LogP contribution is -2.63. The Labute approximate surface area is 203 Å². The third-order valence-corrected chi connectivity index (χ3v) is 9.94. The minimum Gasteiger partial charge on any atom is -0.477 e. The quantitative estimate of drug-likeness (QED) is 0.489. The molecule has 1 fully saturated rings. The molecular formula is C25H28N3O6S+. The number of aliphatic carboxylic acids is 1. The van der Waals surface area contributed by atoms with E-state index in [0.29, 0.717) is 16.6 Å². The Morgan fingerprint density at radius 1 is 1.14 bits per heavy atom. The summed E-state index contributed by atoms with van der Waals surface area (Å²) < 4.78 is 29.5. The van der Waals surface area contributed by atoms with Crippen molar-refractivity contribution in [1.29, 1.82) is 0 Å². The third-order valence-electron chi connectivity index (χ3n) is 8.14. The van der Waals surface area contributed by atoms with Crippen LogP contribution in [0.2, 0.25) is 0 Å². The lowest BCUT2D eigenvalue weighted by atomic mass is 9.77. The summed E-state index contributed by atoms with van der Waals surface area (Å²) in [5, 5.41) is 21.7. The summed E-state index contributed by atoms with van der Waals surface area (Å²) in [6.45, 7) is 4.75. The first-order chi connectivity index (χ1) is 16.3. The third kappa shape index (κ3) is 2.78. The highest BCUT2D eigenvalue weighted by atomic mass is 32.2. The van der Waals surface area contributed by atoms with Gasteiger partial charge in [0.1, 0.15) is 18.8 Å². The second-order valence-corrected chi connectivity index (χ2v) is 12.7. The summed E-state index contributed by atoms with van der Waals surface area (Å²) in [7, 11) is 0.375. The number of rotatable bonds is 4. The molecule has 0 aliphatic carbocycles. The second-order valence-electron chi connectivity index (χ2n) is 10.9. The Balaban J connectivity index is 1.48. The van der Waals surface area contributed by atoms with E-state index >= 15 is 0 Å². The molecule has 10 heteroatoms. The number of amides is 1. The number of benzene rings is 2. The summed E-state index contributed by atoms with van der Waals surface area (Å²) in [5.41, 5.74) is 2.97. The molecule has 4 aliphatic rings. The summed E-state index contributed by atoms with van der Waals surface area (Å²) >= 11 is 0. The van der Waals surface area contributed by atoms with Gasteiger partial charge in [0, 0.05) is 27.8 Å². The van der Waals surface area contributed by atoms with Crippen LogP contribution in [-0.2, 0) is 32.7 Å². The molecule has 9 nitrogen and oxygen atoms in total. The van der Waals surface area contributed by atoms with E-state index in [9.17, 15) is 28.2 Å². The van der Waals surface area contributed by atoms with Gasteiger partial charge in [-0.3, -0.25) is 9.10 Å². The fourth-order valence-electron chi connectivity index (χ4n) is 6.68. The normalized spacial score (nSPS) is 28.4. The van der Waals surface area contributed by atoms with Crippen molar-refractivity contribution >= 4 is 38.4 Å². The van der Waals surface area contributed by atoms with Gasteiger partial charge in [0.2, 0.25) is 5.91 Å². The number of anilines is 1. The zero-order valence-electron chi connectivity index (χ0n) is 20.0. The molecule has 184 valence electrons. The lowest BCUT2D eigenvalue weighted by Gasteiger charge is -2.46. The second kappa shape index (κ2) is 6.83. The van der Waals surface area contributed by atoms with Gasteiger partial charge in [0.25, 0.3) is 10.0 Å². The standard InChI is InChI=1S/C25H27N3O6S/c1-12-16(23(25(31)32)27-22(12)19(13(2)29)24(27)30)9-26-17-7-5-14-10-28(3,4)11-15-6-8-18(35(26,33)34)21(17)20(14)15/h5-8,12-13,19,22,29H,9-11H2,1-4H3/p+1/t12-,13?,19?,22+/m0/s1. The maximum atomic E-state index is 13.7. The Morgan fingerprint density at radius 3 is 2.37 bits per heavy atom. The van der Waals surface area contributed by atoms with Crippen molar-refractivity contribution in [3.05, 3.63) is 46.7 Å². The van der Waals surface area contributed by atoms with Crippen LogP contribution >= 0.6 is 0 Å². The molecule has 2 N–H and O–H groups in total. The van der Waals surface area contributed by atoms with Gasteiger partial charge < -0.3 is 19.6 Å². The molecule has 0 bridgehead atoms. The minimum absolute atomic E-state index is 0.155. The molecule has 2 unspecified atom stereocenters. The number of aliphatic hydroxyl groups excluding tert-OH is 1. The first kappa shape index (κ1) is 22.5. The largest absolute Gasteiger partial charge is 0.477 e. The molecule has 0 spiro atoms. The SMILES string of the molecule is CC(O)C1C(=O)N2C(C(=O)O)=C(CN3c4ccc5c6c(ccc(c46)S3(=O)=O)C[N+](C)(C)C5)[C@H](C)[C@H]12. The zero-order chi connectivity index (χ0) is 25.2. The van der Waals surface area contributed by atoms with Crippen LogP contribution in [0.3, 0.4) is 0 Å². The van der Waals surface area contributed by atoms with E-state index in [0.717, 1.165) is 34.1 Å². The number of carbonyl (C=O) groups excluding carboxylic acids is 1. The number of nitrogens with zero attached hydrogens (tertiary/aromatic N) is 3. The summed E-state index contributed by atoms with van der Waals surface area (Å²) in [4.78, 5) is 26.4. The van der Waals surface area contributed by atoms with Crippen molar-refractivity contribution < 1.29 is 32.7 Å². The highest BCUT2D eigenvalue weighted by Crippen LogP contribution is 2.51. The fourth-order valence-corrected chi connectivity index (χ4v) is 8.35. The van der Waals surface area contributed by atoms with Gasteiger partial charge in [0.05, 0.1) is 49.3 Å². The molecule has 4 heterocycles. The minimum atomic E-state index is -3.91. The van der Waals surface area contributed by atoms with Crippen LogP contribution in [0.25, 0.3) is 10.8 Å². The average molecular weight is 499 g/mol. The monoisotopic (exact) mass is 498 g/mol. The Bertz CT molecular complexity index is 1480. The Kier molecular flexibility index (Phi) is 4.40. The number of hydrogen-bond acceptors (Lipinski definition) is 5. The molecule has 0 saturated carbocycles. The molecule has 1 amide bonds. The molecule has 2 aromatic rings. The van der Waals surface area contributed by atoms with Gasteiger partial charge in [-0.15, -0.1) is 0 Å². The van der Waals surface area contributed by atoms with Crippen LogP contribution in [0.5, 0.6) is 0 Å². The van der Waals surface area contributed by atoms with Crippen molar-refractivity contribution in [2.45, 2.75) is 44.0 Å². The van der Waals surface area contributed by atoms with E-state index < -0.39 is 45.9 Å². The predicted octanol–water partition coefficient (Wildman–Crippen LogP) is 1.63. The number of β-lactam (4-membered cyclic amide) rings is 1. The van der Waals surface area contributed by atoms with Crippen molar-refractivity contribution in [2.24, 2.45) is 11.8 Å². The van der Waals surface area contributed by atoms with Crippen LogP contribution in [0.4, 0.5) is 5.69 Å². The number of fused-ring (bicyclic) bond motifs is 1. The molecule has 6 rings (SSSR count). The van der Waals surface area contributed by atoms with Crippen LogP contribution in [0.15, 0.2) is 40.4 Å². The van der Waals surface area contributed by atoms with Crippen molar-refractivity contribution in [3.63, 3.8) is 0 Å². The molecular weight excluding hydrogens is 470 g/mol.